The Bertz CT molecular complexity index is 1650. The third kappa shape index (κ3) is 8.63. The molecule has 0 bridgehead atoms. The highest BCUT2D eigenvalue weighted by Crippen LogP contribution is 2.47. The number of aromatic hydroxyl groups is 4. The lowest BCUT2D eigenvalue weighted by Crippen LogP contribution is -2.13. The number of phenols is 4. The minimum absolute atomic E-state index is 0.0976. The van der Waals surface area contributed by atoms with Gasteiger partial charge in [0.15, 0.2) is 0 Å². The van der Waals surface area contributed by atoms with Crippen molar-refractivity contribution in [3.05, 3.63) is 94.0 Å². The lowest BCUT2D eigenvalue weighted by molar-refractivity contribution is 0.447. The quantitative estimate of drug-likeness (QED) is 0.163. The Morgan fingerprint density at radius 1 is 0.404 bits per heavy atom. The molecule has 0 radical (unpaired) electrons. The van der Waals surface area contributed by atoms with E-state index in [4.69, 9.17) is 0 Å². The summed E-state index contributed by atoms with van der Waals surface area (Å²) in [5.41, 5.74) is 5.06. The molecule has 6 heteroatoms. The van der Waals surface area contributed by atoms with Gasteiger partial charge in [-0.15, -0.1) is 0 Å². The Hall–Kier alpha value is -3.22. The van der Waals surface area contributed by atoms with E-state index in [2.05, 4.69) is 83.1 Å². The lowest BCUT2D eigenvalue weighted by Gasteiger charge is -2.25. The number of phenolic OH excluding ortho intramolecular Hbond substituents is 4. The maximum absolute atomic E-state index is 11.8. The molecule has 0 unspecified atom stereocenters. The minimum atomic E-state index is -0.209. The SMILES string of the molecule is CC(C)(C)c1ccc(O)c(Sc2cc(C(C)(C)C)cc(Cc3cc(C(C)(C)C)cc(Sc4cc(C(C)(C)C)ccc4O)c3O)c2O)c1. The molecular formula is C41H52O4S2. The van der Waals surface area contributed by atoms with Gasteiger partial charge in [-0.25, -0.2) is 0 Å². The van der Waals surface area contributed by atoms with E-state index in [0.717, 1.165) is 22.3 Å². The van der Waals surface area contributed by atoms with Gasteiger partial charge in [-0.1, -0.05) is 131 Å². The molecule has 47 heavy (non-hydrogen) atoms. The molecule has 252 valence electrons. The molecule has 0 atom stereocenters. The van der Waals surface area contributed by atoms with Gasteiger partial charge in [0.2, 0.25) is 0 Å². The van der Waals surface area contributed by atoms with Gasteiger partial charge in [-0.2, -0.15) is 0 Å². The van der Waals surface area contributed by atoms with Crippen molar-refractivity contribution in [2.24, 2.45) is 0 Å². The summed E-state index contributed by atoms with van der Waals surface area (Å²) in [5, 5.41) is 45.1. The van der Waals surface area contributed by atoms with Gasteiger partial charge in [0.05, 0.1) is 19.6 Å². The molecule has 0 saturated heterocycles. The first-order valence-corrected chi connectivity index (χ1v) is 17.8. The predicted molar refractivity (Wildman–Crippen MR) is 198 cm³/mol. The van der Waals surface area contributed by atoms with Crippen LogP contribution in [0, 0.1) is 0 Å². The lowest BCUT2D eigenvalue weighted by atomic mass is 9.83. The second-order valence-corrected chi connectivity index (χ2v) is 18.9. The van der Waals surface area contributed by atoms with Crippen molar-refractivity contribution >= 4 is 23.5 Å². The van der Waals surface area contributed by atoms with Crippen LogP contribution >= 0.6 is 23.5 Å². The van der Waals surface area contributed by atoms with Crippen LogP contribution in [0.1, 0.15) is 116 Å². The van der Waals surface area contributed by atoms with Crippen molar-refractivity contribution in [2.75, 3.05) is 0 Å². The largest absolute Gasteiger partial charge is 0.507 e. The third-order valence-electron chi connectivity index (χ3n) is 8.51. The maximum Gasteiger partial charge on any atom is 0.133 e. The minimum Gasteiger partial charge on any atom is -0.507 e. The van der Waals surface area contributed by atoms with Crippen LogP contribution < -0.4 is 0 Å². The molecule has 4 nitrogen and oxygen atoms in total. The fourth-order valence-corrected chi connectivity index (χ4v) is 7.21. The molecule has 4 aromatic rings. The molecule has 0 aliphatic rings. The Morgan fingerprint density at radius 3 is 1.00 bits per heavy atom. The number of hydrogen-bond donors (Lipinski definition) is 4. The van der Waals surface area contributed by atoms with E-state index in [1.807, 2.05) is 48.5 Å². The molecule has 0 heterocycles. The standard InChI is InChI=1S/C41H52O4S2/c1-38(2,3)26-13-15-30(42)32(20-26)46-34-22-28(40(7,8)9)18-24(36(34)44)17-25-19-29(41(10,11)12)23-35(37(25)45)47-33-21-27(39(4,5)6)14-16-31(33)43/h13-16,18-23,42-45H,17H2,1-12H3. The summed E-state index contributed by atoms with van der Waals surface area (Å²) < 4.78 is 0. The highest BCUT2D eigenvalue weighted by atomic mass is 32.2. The number of benzene rings is 4. The van der Waals surface area contributed by atoms with Crippen molar-refractivity contribution in [2.45, 2.75) is 131 Å². The first-order valence-electron chi connectivity index (χ1n) is 16.2. The summed E-state index contributed by atoms with van der Waals surface area (Å²) in [6, 6.07) is 19.4. The van der Waals surface area contributed by atoms with Gasteiger partial charge in [0, 0.05) is 6.42 Å². The van der Waals surface area contributed by atoms with E-state index < -0.39 is 0 Å². The summed E-state index contributed by atoms with van der Waals surface area (Å²) in [6.07, 6.45) is 0.300. The second kappa shape index (κ2) is 13.0. The van der Waals surface area contributed by atoms with Crippen molar-refractivity contribution in [3.63, 3.8) is 0 Å². The molecule has 4 aromatic carbocycles. The zero-order chi connectivity index (χ0) is 35.3. The van der Waals surface area contributed by atoms with Crippen LogP contribution in [-0.2, 0) is 28.1 Å². The molecular weight excluding hydrogens is 621 g/mol. The fraction of sp³-hybridized carbons (Fsp3) is 0.415. The van der Waals surface area contributed by atoms with E-state index >= 15 is 0 Å². The number of hydrogen-bond acceptors (Lipinski definition) is 6. The maximum atomic E-state index is 11.8. The molecule has 0 aliphatic carbocycles. The van der Waals surface area contributed by atoms with Crippen LogP contribution in [0.3, 0.4) is 0 Å². The Kier molecular flexibility index (Phi) is 10.1. The summed E-state index contributed by atoms with van der Waals surface area (Å²) in [7, 11) is 0. The zero-order valence-corrected chi connectivity index (χ0v) is 31.7. The summed E-state index contributed by atoms with van der Waals surface area (Å²) in [4.78, 5) is 2.66. The first kappa shape index (κ1) is 36.6. The van der Waals surface area contributed by atoms with E-state index in [1.165, 1.54) is 23.5 Å². The first-order chi connectivity index (χ1) is 21.4. The van der Waals surface area contributed by atoms with Crippen LogP contribution in [0.4, 0.5) is 0 Å². The van der Waals surface area contributed by atoms with Gasteiger partial charge >= 0.3 is 0 Å². The van der Waals surface area contributed by atoms with Gasteiger partial charge in [0.25, 0.3) is 0 Å². The Balaban J connectivity index is 1.85. The van der Waals surface area contributed by atoms with E-state index in [1.54, 1.807) is 12.1 Å². The average molecular weight is 673 g/mol. The van der Waals surface area contributed by atoms with E-state index in [9.17, 15) is 20.4 Å². The third-order valence-corrected chi connectivity index (χ3v) is 10.7. The summed E-state index contributed by atoms with van der Waals surface area (Å²) >= 11 is 2.71. The smallest absolute Gasteiger partial charge is 0.133 e. The van der Waals surface area contributed by atoms with Crippen LogP contribution in [-0.4, -0.2) is 20.4 Å². The fourth-order valence-electron chi connectivity index (χ4n) is 5.19. The van der Waals surface area contributed by atoms with Crippen LogP contribution in [0.2, 0.25) is 0 Å². The summed E-state index contributed by atoms with van der Waals surface area (Å²) in [6.45, 7) is 25.6. The van der Waals surface area contributed by atoms with Gasteiger partial charge < -0.3 is 20.4 Å². The topological polar surface area (TPSA) is 80.9 Å². The summed E-state index contributed by atoms with van der Waals surface area (Å²) in [5.74, 6) is 0.602. The van der Waals surface area contributed by atoms with Crippen LogP contribution in [0.5, 0.6) is 23.0 Å². The molecule has 0 saturated carbocycles. The second-order valence-electron chi connectivity index (χ2n) is 16.7. The molecule has 4 rings (SSSR count). The van der Waals surface area contributed by atoms with Gasteiger partial charge in [-0.3, -0.25) is 0 Å². The van der Waals surface area contributed by atoms with Crippen LogP contribution in [0.15, 0.2) is 80.2 Å². The number of rotatable bonds is 6. The van der Waals surface area contributed by atoms with Crippen molar-refractivity contribution in [1.82, 2.24) is 0 Å². The molecule has 4 N–H and O–H groups in total. The molecule has 0 aliphatic heterocycles. The molecule has 0 fully saturated rings. The average Bonchev–Trinajstić information content (AvgIpc) is 2.92. The van der Waals surface area contributed by atoms with E-state index in [-0.39, 0.29) is 44.7 Å². The zero-order valence-electron chi connectivity index (χ0n) is 30.1. The molecule has 0 spiro atoms. The predicted octanol–water partition coefficient (Wildman–Crippen LogP) is 11.6. The van der Waals surface area contributed by atoms with Crippen molar-refractivity contribution in [1.29, 1.82) is 0 Å². The molecule has 0 aromatic heterocycles. The highest BCUT2D eigenvalue weighted by molar-refractivity contribution is 7.99. The normalized spacial score (nSPS) is 12.9. The van der Waals surface area contributed by atoms with Crippen LogP contribution in [0.25, 0.3) is 0 Å². The Labute approximate surface area is 290 Å². The highest BCUT2D eigenvalue weighted by Gasteiger charge is 2.25. The van der Waals surface area contributed by atoms with E-state index in [0.29, 0.717) is 37.1 Å². The Morgan fingerprint density at radius 2 is 0.702 bits per heavy atom. The monoisotopic (exact) mass is 672 g/mol. The van der Waals surface area contributed by atoms with Crippen molar-refractivity contribution < 1.29 is 20.4 Å². The molecule has 0 amide bonds. The van der Waals surface area contributed by atoms with Gasteiger partial charge in [-0.05, 0) is 91.4 Å². The van der Waals surface area contributed by atoms with Crippen molar-refractivity contribution in [3.8, 4) is 23.0 Å². The van der Waals surface area contributed by atoms with Gasteiger partial charge in [0.1, 0.15) is 23.0 Å².